The van der Waals surface area contributed by atoms with Gasteiger partial charge < -0.3 is 15.7 Å². The number of nitrogen functional groups attached to an aromatic ring is 1. The molecule has 0 spiro atoms. The molecule has 1 aromatic carbocycles. The second-order valence-electron chi connectivity index (χ2n) is 4.81. The molecule has 0 unspecified atom stereocenters. The highest BCUT2D eigenvalue weighted by Crippen LogP contribution is 2.37. The molecule has 1 amide bonds. The van der Waals surface area contributed by atoms with E-state index in [2.05, 4.69) is 4.98 Å². The zero-order chi connectivity index (χ0) is 13.4. The molecule has 1 saturated heterocycles. The van der Waals surface area contributed by atoms with Crippen molar-refractivity contribution in [2.45, 2.75) is 18.8 Å². The number of carboxylic acid groups (broad SMARTS) is 1. The van der Waals surface area contributed by atoms with Crippen LogP contribution in [0, 0.1) is 0 Å². The zero-order valence-electron chi connectivity index (χ0n) is 10.4. The van der Waals surface area contributed by atoms with E-state index >= 15 is 0 Å². The van der Waals surface area contributed by atoms with Gasteiger partial charge in [-0.15, -0.1) is 11.3 Å². The molecule has 19 heavy (non-hydrogen) atoms. The summed E-state index contributed by atoms with van der Waals surface area (Å²) in [5.74, 6) is 0.307. The Kier molecular flexibility index (Phi) is 3.02. The number of hydrogen-bond acceptors (Lipinski definition) is 4. The Hall–Kier alpha value is -1.82. The minimum absolute atomic E-state index is 0.307. The van der Waals surface area contributed by atoms with Gasteiger partial charge in [0.25, 0.3) is 0 Å². The number of aromatic nitrogens is 1. The molecule has 100 valence electrons. The van der Waals surface area contributed by atoms with Crippen LogP contribution in [0.15, 0.2) is 17.6 Å². The minimum Gasteiger partial charge on any atom is -0.465 e. The summed E-state index contributed by atoms with van der Waals surface area (Å²) in [5, 5.41) is 8.98. The maximum atomic E-state index is 10.9. The summed E-state index contributed by atoms with van der Waals surface area (Å²) in [6.07, 6.45) is 0.790. The Bertz CT molecular complexity index is 617. The number of rotatable bonds is 1. The van der Waals surface area contributed by atoms with E-state index in [1.54, 1.807) is 11.3 Å². The van der Waals surface area contributed by atoms with Crippen molar-refractivity contribution in [3.63, 3.8) is 0 Å². The van der Waals surface area contributed by atoms with Gasteiger partial charge in [-0.3, -0.25) is 0 Å². The van der Waals surface area contributed by atoms with E-state index < -0.39 is 6.09 Å². The first-order valence-electron chi connectivity index (χ1n) is 6.26. The first-order chi connectivity index (χ1) is 9.16. The molecule has 0 bridgehead atoms. The smallest absolute Gasteiger partial charge is 0.407 e. The predicted molar refractivity (Wildman–Crippen MR) is 75.6 cm³/mol. The van der Waals surface area contributed by atoms with Crippen molar-refractivity contribution in [3.8, 4) is 0 Å². The van der Waals surface area contributed by atoms with E-state index in [9.17, 15) is 4.79 Å². The number of likely N-dealkylation sites (tertiary alicyclic amines) is 1. The van der Waals surface area contributed by atoms with Gasteiger partial charge in [0.2, 0.25) is 0 Å². The number of hydrogen-bond donors (Lipinski definition) is 2. The number of carbonyl (C=O) groups is 1. The number of fused-ring (bicyclic) bond motifs is 1. The van der Waals surface area contributed by atoms with Gasteiger partial charge in [0.1, 0.15) is 0 Å². The van der Waals surface area contributed by atoms with Crippen molar-refractivity contribution in [2.24, 2.45) is 0 Å². The van der Waals surface area contributed by atoms with Crippen molar-refractivity contribution in [3.05, 3.63) is 23.2 Å². The Morgan fingerprint density at radius 1 is 1.42 bits per heavy atom. The Morgan fingerprint density at radius 2 is 2.16 bits per heavy atom. The van der Waals surface area contributed by atoms with Crippen LogP contribution in [0.4, 0.5) is 10.5 Å². The lowest BCUT2D eigenvalue weighted by atomic mass is 9.88. The van der Waals surface area contributed by atoms with E-state index in [1.165, 1.54) is 4.90 Å². The van der Waals surface area contributed by atoms with Crippen LogP contribution < -0.4 is 5.73 Å². The number of amides is 1. The molecular weight excluding hydrogens is 262 g/mol. The average Bonchev–Trinajstić information content (AvgIpc) is 2.87. The quantitative estimate of drug-likeness (QED) is 0.785. The van der Waals surface area contributed by atoms with Crippen molar-refractivity contribution < 1.29 is 9.90 Å². The highest BCUT2D eigenvalue weighted by Gasteiger charge is 2.26. The van der Waals surface area contributed by atoms with E-state index in [-0.39, 0.29) is 0 Å². The summed E-state index contributed by atoms with van der Waals surface area (Å²) in [7, 11) is 0. The highest BCUT2D eigenvalue weighted by atomic mass is 32.1. The monoisotopic (exact) mass is 277 g/mol. The molecule has 1 aliphatic heterocycles. The topological polar surface area (TPSA) is 79.5 Å². The standard InChI is InChI=1S/C13H15N3O2S/c14-9-1-2-10-12(15-7-19-10)11(9)8-3-5-16(6-4-8)13(17)18/h1-2,7-8H,3-6,14H2,(H,17,18). The van der Waals surface area contributed by atoms with Crippen molar-refractivity contribution in [2.75, 3.05) is 18.8 Å². The number of nitrogens with zero attached hydrogens (tertiary/aromatic N) is 2. The maximum absolute atomic E-state index is 10.9. The van der Waals surface area contributed by atoms with Gasteiger partial charge in [0.05, 0.1) is 15.7 Å². The molecule has 0 atom stereocenters. The molecule has 5 nitrogen and oxygen atoms in total. The van der Waals surface area contributed by atoms with E-state index in [0.29, 0.717) is 19.0 Å². The fraction of sp³-hybridized carbons (Fsp3) is 0.385. The lowest BCUT2D eigenvalue weighted by molar-refractivity contribution is 0.132. The molecule has 3 N–H and O–H groups in total. The van der Waals surface area contributed by atoms with E-state index in [4.69, 9.17) is 10.8 Å². The average molecular weight is 277 g/mol. The first kappa shape index (κ1) is 12.2. The molecule has 1 aliphatic rings. The number of anilines is 1. The maximum Gasteiger partial charge on any atom is 0.407 e. The van der Waals surface area contributed by atoms with Gasteiger partial charge >= 0.3 is 6.09 Å². The predicted octanol–water partition coefficient (Wildman–Crippen LogP) is 2.74. The van der Waals surface area contributed by atoms with E-state index in [1.807, 2.05) is 17.6 Å². The number of nitrogens with two attached hydrogens (primary N) is 1. The van der Waals surface area contributed by atoms with Crippen LogP contribution in [0.2, 0.25) is 0 Å². The highest BCUT2D eigenvalue weighted by molar-refractivity contribution is 7.16. The van der Waals surface area contributed by atoms with Gasteiger partial charge in [-0.2, -0.15) is 0 Å². The molecule has 0 saturated carbocycles. The summed E-state index contributed by atoms with van der Waals surface area (Å²) in [6, 6.07) is 3.93. The lowest BCUT2D eigenvalue weighted by Crippen LogP contribution is -2.37. The summed E-state index contributed by atoms with van der Waals surface area (Å²) in [5.41, 5.74) is 10.8. The van der Waals surface area contributed by atoms with Crippen LogP contribution in [0.3, 0.4) is 0 Å². The minimum atomic E-state index is -0.835. The molecule has 2 heterocycles. The molecule has 6 heteroatoms. The van der Waals surface area contributed by atoms with Crippen LogP contribution in [0.25, 0.3) is 10.2 Å². The number of thiazole rings is 1. The van der Waals surface area contributed by atoms with Gasteiger partial charge in [-0.25, -0.2) is 9.78 Å². The summed E-state index contributed by atoms with van der Waals surface area (Å²) >= 11 is 1.61. The van der Waals surface area contributed by atoms with Gasteiger partial charge in [-0.1, -0.05) is 0 Å². The normalized spacial score (nSPS) is 16.9. The lowest BCUT2D eigenvalue weighted by Gasteiger charge is -2.30. The number of piperidine rings is 1. The fourth-order valence-electron chi connectivity index (χ4n) is 2.76. The molecule has 3 rings (SSSR count). The number of benzene rings is 1. The van der Waals surface area contributed by atoms with Gasteiger partial charge in [0, 0.05) is 24.3 Å². The first-order valence-corrected chi connectivity index (χ1v) is 7.14. The fourth-order valence-corrected chi connectivity index (χ4v) is 3.45. The Labute approximate surface area is 114 Å². The molecule has 1 fully saturated rings. The second kappa shape index (κ2) is 4.70. The van der Waals surface area contributed by atoms with Crippen molar-refractivity contribution in [1.82, 2.24) is 9.88 Å². The summed E-state index contributed by atoms with van der Waals surface area (Å²) in [4.78, 5) is 16.8. The SMILES string of the molecule is Nc1ccc2scnc2c1C1CCN(C(=O)O)CC1. The Morgan fingerprint density at radius 3 is 2.84 bits per heavy atom. The molecule has 2 aromatic rings. The van der Waals surface area contributed by atoms with Crippen LogP contribution >= 0.6 is 11.3 Å². The summed E-state index contributed by atoms with van der Waals surface area (Å²) < 4.78 is 1.14. The summed E-state index contributed by atoms with van der Waals surface area (Å²) in [6.45, 7) is 1.14. The van der Waals surface area contributed by atoms with Crippen molar-refractivity contribution in [1.29, 1.82) is 0 Å². The second-order valence-corrected chi connectivity index (χ2v) is 5.70. The van der Waals surface area contributed by atoms with Crippen LogP contribution in [0.1, 0.15) is 24.3 Å². The third-order valence-corrected chi connectivity index (χ3v) is 4.54. The zero-order valence-corrected chi connectivity index (χ0v) is 11.2. The van der Waals surface area contributed by atoms with Gasteiger partial charge in [0.15, 0.2) is 0 Å². The van der Waals surface area contributed by atoms with E-state index in [0.717, 1.165) is 34.3 Å². The molecule has 0 radical (unpaired) electrons. The third kappa shape index (κ3) is 2.12. The van der Waals surface area contributed by atoms with Crippen LogP contribution in [-0.2, 0) is 0 Å². The van der Waals surface area contributed by atoms with Crippen LogP contribution in [0.5, 0.6) is 0 Å². The van der Waals surface area contributed by atoms with Crippen LogP contribution in [-0.4, -0.2) is 34.2 Å². The third-order valence-electron chi connectivity index (χ3n) is 3.75. The molecular formula is C13H15N3O2S. The largest absolute Gasteiger partial charge is 0.465 e. The molecule has 1 aromatic heterocycles. The Balaban J connectivity index is 1.91. The van der Waals surface area contributed by atoms with Crippen molar-refractivity contribution >= 4 is 33.3 Å². The molecule has 0 aliphatic carbocycles. The van der Waals surface area contributed by atoms with Gasteiger partial charge in [-0.05, 0) is 30.9 Å².